The van der Waals surface area contributed by atoms with E-state index in [9.17, 15) is 0 Å². The summed E-state index contributed by atoms with van der Waals surface area (Å²) in [7, 11) is -2.74. The van der Waals surface area contributed by atoms with Gasteiger partial charge in [0.25, 0.3) is 0 Å². The highest BCUT2D eigenvalue weighted by atomic mass is 28.3. The first-order chi connectivity index (χ1) is 33.7. The van der Waals surface area contributed by atoms with Gasteiger partial charge >= 0.3 is 0 Å². The van der Waals surface area contributed by atoms with Gasteiger partial charge in [0.05, 0.1) is 11.0 Å². The number of para-hydroxylation sites is 2. The Morgan fingerprint density at radius 1 is 0.338 bits per heavy atom. The van der Waals surface area contributed by atoms with Gasteiger partial charge in [-0.05, 0) is 109 Å². The van der Waals surface area contributed by atoms with E-state index in [0.717, 1.165) is 50.3 Å². The third-order valence-corrected chi connectivity index (χ3v) is 18.7. The Labute approximate surface area is 396 Å². The predicted octanol–water partition coefficient (Wildman–Crippen LogP) is 14.4. The van der Waals surface area contributed by atoms with Crippen LogP contribution in [0.2, 0.25) is 0 Å². The monoisotopic (exact) mass is 884 g/mol. The molecule has 0 bridgehead atoms. The van der Waals surface area contributed by atoms with Crippen LogP contribution >= 0.6 is 0 Å². The summed E-state index contributed by atoms with van der Waals surface area (Å²) in [5, 5.41) is 12.5. The standard InChI is InChI=1S/C64H44N2OSi/c1-5-19-47(20-6-1)66-59-30-16-15-28-57(59)63-55(29-17-31-60(63)66)46-32-35-48(36-33-46)65(50-39-42-58-62(44-50)67-61-43-34-45-18-13-14-27-56(45)64(58)61)49-37-40-54(41-38-49)68(51-21-7-2-8-22-51,52-23-9-3-10-24-52)53-25-11-4-12-26-53/h1-44H. The summed E-state index contributed by atoms with van der Waals surface area (Å²) in [6.07, 6.45) is 0. The van der Waals surface area contributed by atoms with E-state index in [0.29, 0.717) is 0 Å². The first kappa shape index (κ1) is 39.6. The van der Waals surface area contributed by atoms with Crippen molar-refractivity contribution in [1.82, 2.24) is 4.57 Å². The zero-order valence-electron chi connectivity index (χ0n) is 37.2. The van der Waals surface area contributed by atoms with E-state index in [4.69, 9.17) is 4.42 Å². The van der Waals surface area contributed by atoms with Crippen molar-refractivity contribution in [3.8, 4) is 16.8 Å². The molecule has 0 aliphatic rings. The minimum Gasteiger partial charge on any atom is -0.456 e. The lowest BCUT2D eigenvalue weighted by Gasteiger charge is -2.35. The molecule has 68 heavy (non-hydrogen) atoms. The molecule has 0 radical (unpaired) electrons. The quantitative estimate of drug-likeness (QED) is 0.106. The molecule has 13 aromatic rings. The van der Waals surface area contributed by atoms with Gasteiger partial charge in [0, 0.05) is 50.4 Å². The molecule has 4 heteroatoms. The molecule has 2 heterocycles. The van der Waals surface area contributed by atoms with Crippen LogP contribution in [0.5, 0.6) is 0 Å². The van der Waals surface area contributed by atoms with E-state index in [1.165, 1.54) is 58.9 Å². The van der Waals surface area contributed by atoms with Crippen LogP contribution in [0.25, 0.3) is 71.3 Å². The van der Waals surface area contributed by atoms with Crippen LogP contribution in [0.1, 0.15) is 0 Å². The number of hydrogen-bond acceptors (Lipinski definition) is 2. The lowest BCUT2D eigenvalue weighted by atomic mass is 9.99. The summed E-state index contributed by atoms with van der Waals surface area (Å²) in [6.45, 7) is 0. The summed E-state index contributed by atoms with van der Waals surface area (Å²) in [4.78, 5) is 2.37. The first-order valence-electron chi connectivity index (χ1n) is 23.3. The Bertz CT molecular complexity index is 3840. The van der Waals surface area contributed by atoms with E-state index in [2.05, 4.69) is 276 Å². The summed E-state index contributed by atoms with van der Waals surface area (Å²) in [5.74, 6) is 0. The molecule has 0 unspecified atom stereocenters. The second-order valence-corrected chi connectivity index (χ2v) is 21.4. The molecule has 11 aromatic carbocycles. The van der Waals surface area contributed by atoms with Gasteiger partial charge in [-0.25, -0.2) is 0 Å². The van der Waals surface area contributed by atoms with Gasteiger partial charge in [-0.3, -0.25) is 0 Å². The number of furan rings is 1. The van der Waals surface area contributed by atoms with E-state index >= 15 is 0 Å². The Hall–Kier alpha value is -8.70. The van der Waals surface area contributed by atoms with Crippen LogP contribution in [-0.2, 0) is 0 Å². The number of fused-ring (bicyclic) bond motifs is 8. The molecule has 0 aliphatic heterocycles. The average Bonchev–Trinajstić information content (AvgIpc) is 3.97. The van der Waals surface area contributed by atoms with E-state index in [1.54, 1.807) is 0 Å². The third-order valence-electron chi connectivity index (χ3n) is 13.9. The van der Waals surface area contributed by atoms with Gasteiger partial charge in [0.1, 0.15) is 11.2 Å². The average molecular weight is 885 g/mol. The highest BCUT2D eigenvalue weighted by Crippen LogP contribution is 2.43. The molecule has 0 spiro atoms. The first-order valence-corrected chi connectivity index (χ1v) is 25.3. The largest absolute Gasteiger partial charge is 0.456 e. The van der Waals surface area contributed by atoms with E-state index in [1.807, 2.05) is 0 Å². The van der Waals surface area contributed by atoms with Gasteiger partial charge in [0.2, 0.25) is 0 Å². The molecule has 320 valence electrons. The van der Waals surface area contributed by atoms with Gasteiger partial charge in [0.15, 0.2) is 8.07 Å². The van der Waals surface area contributed by atoms with Crippen molar-refractivity contribution < 1.29 is 4.42 Å². The fourth-order valence-electron chi connectivity index (χ4n) is 11.0. The lowest BCUT2D eigenvalue weighted by Crippen LogP contribution is -2.74. The zero-order chi connectivity index (χ0) is 45.0. The van der Waals surface area contributed by atoms with Crippen LogP contribution < -0.4 is 25.6 Å². The molecular weight excluding hydrogens is 841 g/mol. The van der Waals surface area contributed by atoms with Crippen LogP contribution in [0.4, 0.5) is 17.1 Å². The Kier molecular flexibility index (Phi) is 9.51. The number of benzene rings is 11. The van der Waals surface area contributed by atoms with Crippen molar-refractivity contribution in [2.75, 3.05) is 4.90 Å². The van der Waals surface area contributed by atoms with Gasteiger partial charge in [-0.15, -0.1) is 0 Å². The summed E-state index contributed by atoms with van der Waals surface area (Å²) < 4.78 is 9.08. The molecule has 0 aliphatic carbocycles. The van der Waals surface area contributed by atoms with Crippen molar-refractivity contribution in [2.24, 2.45) is 0 Å². The minimum atomic E-state index is -2.74. The molecular formula is C64H44N2OSi. The van der Waals surface area contributed by atoms with Crippen LogP contribution in [-0.4, -0.2) is 12.6 Å². The lowest BCUT2D eigenvalue weighted by molar-refractivity contribution is 0.669. The van der Waals surface area contributed by atoms with Gasteiger partial charge < -0.3 is 13.9 Å². The molecule has 0 N–H and O–H groups in total. The number of nitrogens with zero attached hydrogens (tertiary/aromatic N) is 2. The zero-order valence-corrected chi connectivity index (χ0v) is 38.2. The Morgan fingerprint density at radius 2 is 0.868 bits per heavy atom. The molecule has 0 atom stereocenters. The maximum absolute atomic E-state index is 6.70. The maximum atomic E-state index is 6.70. The van der Waals surface area contributed by atoms with E-state index < -0.39 is 8.07 Å². The molecule has 0 saturated heterocycles. The van der Waals surface area contributed by atoms with Gasteiger partial charge in [-0.2, -0.15) is 0 Å². The number of rotatable bonds is 9. The fraction of sp³-hybridized carbons (Fsp3) is 0. The van der Waals surface area contributed by atoms with Crippen LogP contribution in [0.15, 0.2) is 271 Å². The fourth-order valence-corrected chi connectivity index (χ4v) is 15.7. The Balaban J connectivity index is 0.983. The highest BCUT2D eigenvalue weighted by Gasteiger charge is 2.41. The third kappa shape index (κ3) is 6.34. The maximum Gasteiger partial charge on any atom is 0.179 e. The molecule has 0 fully saturated rings. The highest BCUT2D eigenvalue weighted by molar-refractivity contribution is 7.19. The van der Waals surface area contributed by atoms with Crippen molar-refractivity contribution in [3.63, 3.8) is 0 Å². The molecule has 0 saturated carbocycles. The smallest absolute Gasteiger partial charge is 0.179 e. The second-order valence-electron chi connectivity index (χ2n) is 17.6. The number of hydrogen-bond donors (Lipinski definition) is 0. The van der Waals surface area contributed by atoms with Crippen LogP contribution in [0, 0.1) is 0 Å². The van der Waals surface area contributed by atoms with Crippen molar-refractivity contribution in [1.29, 1.82) is 0 Å². The van der Waals surface area contributed by atoms with E-state index in [-0.39, 0.29) is 0 Å². The van der Waals surface area contributed by atoms with Crippen molar-refractivity contribution in [3.05, 3.63) is 267 Å². The second kappa shape index (κ2) is 16.3. The summed E-state index contributed by atoms with van der Waals surface area (Å²) in [6, 6.07) is 97.5. The predicted molar refractivity (Wildman–Crippen MR) is 289 cm³/mol. The van der Waals surface area contributed by atoms with Crippen molar-refractivity contribution in [2.45, 2.75) is 0 Å². The normalized spacial score (nSPS) is 11.8. The SMILES string of the molecule is c1ccc(-n2c3ccccc3c3c(-c4ccc(N(c5ccc([Si](c6ccccc6)(c6ccccc6)c6ccccc6)cc5)c5ccc6c(c5)oc5ccc7ccccc7c56)cc4)cccc32)cc1. The number of aromatic nitrogens is 1. The van der Waals surface area contributed by atoms with Crippen molar-refractivity contribution >= 4 is 100 Å². The van der Waals surface area contributed by atoms with Gasteiger partial charge in [-0.1, -0.05) is 194 Å². The molecule has 0 amide bonds. The topological polar surface area (TPSA) is 21.3 Å². The summed E-state index contributed by atoms with van der Waals surface area (Å²) in [5.41, 5.74) is 10.8. The van der Waals surface area contributed by atoms with Crippen LogP contribution in [0.3, 0.4) is 0 Å². The minimum absolute atomic E-state index is 0.859. The molecule has 13 rings (SSSR count). The molecule has 2 aromatic heterocycles. The Morgan fingerprint density at radius 3 is 1.53 bits per heavy atom. The summed E-state index contributed by atoms with van der Waals surface area (Å²) >= 11 is 0. The molecule has 3 nitrogen and oxygen atoms in total. The number of anilines is 3.